The third kappa shape index (κ3) is 2.93. The Morgan fingerprint density at radius 3 is 2.57 bits per heavy atom. The van der Waals surface area contributed by atoms with Gasteiger partial charge in [0.15, 0.2) is 5.03 Å². The maximum Gasteiger partial charge on any atom is 0.280 e. The van der Waals surface area contributed by atoms with Gasteiger partial charge in [-0.05, 0) is 35.0 Å². The van der Waals surface area contributed by atoms with Crippen molar-refractivity contribution in [2.45, 2.75) is 5.03 Å². The highest BCUT2D eigenvalue weighted by atomic mass is 79.9. The van der Waals surface area contributed by atoms with Gasteiger partial charge in [0.05, 0.1) is 6.33 Å². The van der Waals surface area contributed by atoms with Gasteiger partial charge in [-0.3, -0.25) is 4.72 Å². The summed E-state index contributed by atoms with van der Waals surface area (Å²) in [6.07, 6.45) is 2.91. The van der Waals surface area contributed by atoms with Crippen molar-refractivity contribution in [2.24, 2.45) is 7.05 Å². The molecule has 0 amide bonds. The SMILES string of the molecule is Cn1cnc(S(=O)(=O)Nc2ccc3cc(Br)ccc3c2)c1. The monoisotopic (exact) mass is 365 g/mol. The van der Waals surface area contributed by atoms with E-state index in [4.69, 9.17) is 0 Å². The molecule has 2 aromatic carbocycles. The van der Waals surface area contributed by atoms with Crippen molar-refractivity contribution >= 4 is 42.4 Å². The van der Waals surface area contributed by atoms with Crippen molar-refractivity contribution in [3.05, 3.63) is 53.4 Å². The van der Waals surface area contributed by atoms with E-state index in [1.165, 1.54) is 12.5 Å². The molecule has 0 bridgehead atoms. The molecule has 21 heavy (non-hydrogen) atoms. The number of rotatable bonds is 3. The fourth-order valence-electron chi connectivity index (χ4n) is 2.02. The van der Waals surface area contributed by atoms with Crippen LogP contribution in [0.15, 0.2) is 58.4 Å². The van der Waals surface area contributed by atoms with Gasteiger partial charge in [0.2, 0.25) is 0 Å². The Balaban J connectivity index is 1.96. The zero-order chi connectivity index (χ0) is 15.0. The molecule has 3 rings (SSSR count). The molecule has 1 aromatic heterocycles. The van der Waals surface area contributed by atoms with Crippen molar-refractivity contribution in [1.29, 1.82) is 0 Å². The van der Waals surface area contributed by atoms with Gasteiger partial charge in [0, 0.05) is 23.4 Å². The van der Waals surface area contributed by atoms with Crippen LogP contribution in [0.2, 0.25) is 0 Å². The van der Waals surface area contributed by atoms with Crippen LogP contribution in [0.4, 0.5) is 5.69 Å². The minimum atomic E-state index is -3.66. The molecule has 0 spiro atoms. The first-order chi connectivity index (χ1) is 9.94. The molecule has 0 atom stereocenters. The van der Waals surface area contributed by atoms with E-state index in [9.17, 15) is 8.42 Å². The molecule has 0 radical (unpaired) electrons. The molecule has 0 saturated heterocycles. The number of nitrogens with one attached hydrogen (secondary N) is 1. The molecular formula is C14H12BrN3O2S. The number of fused-ring (bicyclic) bond motifs is 1. The Morgan fingerprint density at radius 1 is 1.14 bits per heavy atom. The number of sulfonamides is 1. The lowest BCUT2D eigenvalue weighted by Gasteiger charge is -2.07. The van der Waals surface area contributed by atoms with Crippen molar-refractivity contribution in [2.75, 3.05) is 4.72 Å². The zero-order valence-corrected chi connectivity index (χ0v) is 13.5. The van der Waals surface area contributed by atoms with Crippen LogP contribution in [0.25, 0.3) is 10.8 Å². The van der Waals surface area contributed by atoms with Crippen LogP contribution in [-0.2, 0) is 17.1 Å². The zero-order valence-electron chi connectivity index (χ0n) is 11.1. The lowest BCUT2D eigenvalue weighted by atomic mass is 10.1. The average molecular weight is 366 g/mol. The van der Waals surface area contributed by atoms with E-state index in [2.05, 4.69) is 25.6 Å². The van der Waals surface area contributed by atoms with Crippen molar-refractivity contribution in [3.63, 3.8) is 0 Å². The summed E-state index contributed by atoms with van der Waals surface area (Å²) in [5.41, 5.74) is 0.510. The van der Waals surface area contributed by atoms with Gasteiger partial charge in [0.1, 0.15) is 0 Å². The molecule has 1 heterocycles. The van der Waals surface area contributed by atoms with Crippen molar-refractivity contribution < 1.29 is 8.42 Å². The molecule has 0 aliphatic carbocycles. The van der Waals surface area contributed by atoms with Gasteiger partial charge in [-0.25, -0.2) is 4.98 Å². The van der Waals surface area contributed by atoms with E-state index >= 15 is 0 Å². The topological polar surface area (TPSA) is 64.0 Å². The largest absolute Gasteiger partial charge is 0.339 e. The first kappa shape index (κ1) is 14.1. The van der Waals surface area contributed by atoms with Crippen LogP contribution in [-0.4, -0.2) is 18.0 Å². The molecule has 0 saturated carbocycles. The lowest BCUT2D eigenvalue weighted by Crippen LogP contribution is -2.13. The maximum atomic E-state index is 12.2. The van der Waals surface area contributed by atoms with Gasteiger partial charge < -0.3 is 4.57 Å². The van der Waals surface area contributed by atoms with E-state index in [0.717, 1.165) is 15.2 Å². The second-order valence-corrected chi connectivity index (χ2v) is 7.23. The van der Waals surface area contributed by atoms with E-state index < -0.39 is 10.0 Å². The van der Waals surface area contributed by atoms with Crippen LogP contribution in [0.5, 0.6) is 0 Å². The summed E-state index contributed by atoms with van der Waals surface area (Å²) in [6, 6.07) is 11.2. The number of imidazole rings is 1. The molecular weight excluding hydrogens is 354 g/mol. The molecule has 5 nitrogen and oxygen atoms in total. The van der Waals surface area contributed by atoms with Crippen LogP contribution >= 0.6 is 15.9 Å². The minimum Gasteiger partial charge on any atom is -0.339 e. The average Bonchev–Trinajstić information content (AvgIpc) is 2.86. The maximum absolute atomic E-state index is 12.2. The molecule has 108 valence electrons. The van der Waals surface area contributed by atoms with E-state index in [1.54, 1.807) is 23.7 Å². The molecule has 3 aromatic rings. The van der Waals surface area contributed by atoms with Gasteiger partial charge in [0.25, 0.3) is 10.0 Å². The van der Waals surface area contributed by atoms with E-state index in [1.807, 2.05) is 24.3 Å². The van der Waals surface area contributed by atoms with Crippen LogP contribution in [0, 0.1) is 0 Å². The summed E-state index contributed by atoms with van der Waals surface area (Å²) in [4.78, 5) is 3.86. The fourth-order valence-corrected chi connectivity index (χ4v) is 3.43. The Hall–Kier alpha value is -1.86. The highest BCUT2D eigenvalue weighted by Crippen LogP contribution is 2.24. The van der Waals surface area contributed by atoms with Gasteiger partial charge in [-0.1, -0.05) is 28.1 Å². The Morgan fingerprint density at radius 2 is 1.86 bits per heavy atom. The Bertz CT molecular complexity index is 919. The summed E-state index contributed by atoms with van der Waals surface area (Å²) >= 11 is 3.41. The van der Waals surface area contributed by atoms with E-state index in [-0.39, 0.29) is 5.03 Å². The number of hydrogen-bond acceptors (Lipinski definition) is 3. The second kappa shape index (κ2) is 5.16. The van der Waals surface area contributed by atoms with E-state index in [0.29, 0.717) is 5.69 Å². The summed E-state index contributed by atoms with van der Waals surface area (Å²) in [6.45, 7) is 0. The van der Waals surface area contributed by atoms with Gasteiger partial charge >= 0.3 is 0 Å². The number of benzene rings is 2. The third-order valence-electron chi connectivity index (χ3n) is 3.01. The van der Waals surface area contributed by atoms with Gasteiger partial charge in [-0.15, -0.1) is 0 Å². The standard InChI is InChI=1S/C14H12BrN3O2S/c1-18-8-14(16-9-18)21(19,20)17-13-5-3-10-6-12(15)4-2-11(10)7-13/h2-9,17H,1H3. The number of halogens is 1. The molecule has 0 fully saturated rings. The number of hydrogen-bond donors (Lipinski definition) is 1. The van der Waals surface area contributed by atoms with Crippen LogP contribution in [0.3, 0.4) is 0 Å². The predicted octanol–water partition coefficient (Wildman–Crippen LogP) is 3.14. The first-order valence-electron chi connectivity index (χ1n) is 6.14. The van der Waals surface area contributed by atoms with Crippen LogP contribution in [0.1, 0.15) is 0 Å². The minimum absolute atomic E-state index is 0.000836. The van der Waals surface area contributed by atoms with Crippen LogP contribution < -0.4 is 4.72 Å². The number of nitrogens with zero attached hydrogens (tertiary/aromatic N) is 2. The predicted molar refractivity (Wildman–Crippen MR) is 85.7 cm³/mol. The quantitative estimate of drug-likeness (QED) is 0.775. The number of aromatic nitrogens is 2. The summed E-state index contributed by atoms with van der Waals surface area (Å²) in [5.74, 6) is 0. The first-order valence-corrected chi connectivity index (χ1v) is 8.42. The highest BCUT2D eigenvalue weighted by molar-refractivity contribution is 9.10. The lowest BCUT2D eigenvalue weighted by molar-refractivity contribution is 0.598. The van der Waals surface area contributed by atoms with Crippen molar-refractivity contribution in [1.82, 2.24) is 9.55 Å². The smallest absolute Gasteiger partial charge is 0.280 e. The molecule has 0 aliphatic heterocycles. The molecule has 0 unspecified atom stereocenters. The number of aryl methyl sites for hydroxylation is 1. The Labute approximate surface area is 130 Å². The molecule has 7 heteroatoms. The summed E-state index contributed by atoms with van der Waals surface area (Å²) < 4.78 is 29.5. The highest BCUT2D eigenvalue weighted by Gasteiger charge is 2.17. The van der Waals surface area contributed by atoms with Gasteiger partial charge in [-0.2, -0.15) is 8.42 Å². The summed E-state index contributed by atoms with van der Waals surface area (Å²) in [5, 5.41) is 1.99. The normalized spacial score (nSPS) is 11.7. The third-order valence-corrected chi connectivity index (χ3v) is 4.77. The van der Waals surface area contributed by atoms with Crippen molar-refractivity contribution in [3.8, 4) is 0 Å². The Kier molecular flexibility index (Phi) is 3.46. The number of anilines is 1. The second-order valence-electron chi connectivity index (χ2n) is 4.69. The summed E-state index contributed by atoms with van der Waals surface area (Å²) in [7, 11) is -1.94. The molecule has 1 N–H and O–H groups in total. The fraction of sp³-hybridized carbons (Fsp3) is 0.0714. The molecule has 0 aliphatic rings.